The lowest BCUT2D eigenvalue weighted by molar-refractivity contribution is 0.284. The van der Waals surface area contributed by atoms with Crippen LogP contribution in [-0.4, -0.2) is 5.11 Å². The summed E-state index contributed by atoms with van der Waals surface area (Å²) in [6.07, 6.45) is 4.07. The zero-order chi connectivity index (χ0) is 14.7. The largest absolute Gasteiger partial charge is 0.504 e. The van der Waals surface area contributed by atoms with Gasteiger partial charge in [-0.2, -0.15) is 0 Å². The van der Waals surface area contributed by atoms with E-state index in [9.17, 15) is 5.11 Å². The van der Waals surface area contributed by atoms with Gasteiger partial charge in [0.05, 0.1) is 0 Å². The molecule has 0 radical (unpaired) electrons. The summed E-state index contributed by atoms with van der Waals surface area (Å²) in [4.78, 5) is 0. The van der Waals surface area contributed by atoms with Crippen molar-refractivity contribution in [3.63, 3.8) is 0 Å². The van der Waals surface area contributed by atoms with Crippen LogP contribution in [0.1, 0.15) is 36.8 Å². The molecule has 3 rings (SSSR count). The van der Waals surface area contributed by atoms with E-state index in [0.717, 1.165) is 36.8 Å². The van der Waals surface area contributed by atoms with Gasteiger partial charge in [0.1, 0.15) is 6.61 Å². The van der Waals surface area contributed by atoms with Gasteiger partial charge in [0, 0.05) is 11.1 Å². The Hall–Kier alpha value is -2.00. The SMILES string of the molecule is NC1(c2cccc(OCc3ccccc3)c2O)CCCC1. The predicted octanol–water partition coefficient (Wildman–Crippen LogP) is 3.70. The normalized spacial score (nSPS) is 16.8. The van der Waals surface area contributed by atoms with Crippen LogP contribution in [0.3, 0.4) is 0 Å². The zero-order valence-corrected chi connectivity index (χ0v) is 12.1. The molecule has 0 atom stereocenters. The first-order valence-electron chi connectivity index (χ1n) is 7.47. The van der Waals surface area contributed by atoms with Crippen LogP contribution < -0.4 is 10.5 Å². The number of phenolic OH excluding ortho intramolecular Hbond substituents is 1. The van der Waals surface area contributed by atoms with Gasteiger partial charge in [-0.3, -0.25) is 0 Å². The predicted molar refractivity (Wildman–Crippen MR) is 83.2 cm³/mol. The topological polar surface area (TPSA) is 55.5 Å². The maximum absolute atomic E-state index is 10.5. The number of aromatic hydroxyl groups is 1. The lowest BCUT2D eigenvalue weighted by atomic mass is 9.88. The number of nitrogens with two attached hydrogens (primary N) is 1. The average molecular weight is 283 g/mol. The summed E-state index contributed by atoms with van der Waals surface area (Å²) in [6.45, 7) is 0.440. The third-order valence-corrected chi connectivity index (χ3v) is 4.27. The fraction of sp³-hybridized carbons (Fsp3) is 0.333. The fourth-order valence-electron chi connectivity index (χ4n) is 3.05. The summed E-state index contributed by atoms with van der Waals surface area (Å²) in [5, 5.41) is 10.5. The molecule has 0 amide bonds. The molecule has 1 aliphatic rings. The third-order valence-electron chi connectivity index (χ3n) is 4.27. The molecule has 1 fully saturated rings. The summed E-state index contributed by atoms with van der Waals surface area (Å²) in [7, 11) is 0. The van der Waals surface area contributed by atoms with Crippen molar-refractivity contribution >= 4 is 0 Å². The van der Waals surface area contributed by atoms with E-state index in [1.165, 1.54) is 0 Å². The monoisotopic (exact) mass is 283 g/mol. The summed E-state index contributed by atoms with van der Waals surface area (Å²) >= 11 is 0. The van der Waals surface area contributed by atoms with Crippen molar-refractivity contribution in [2.45, 2.75) is 37.8 Å². The van der Waals surface area contributed by atoms with Crippen LogP contribution in [-0.2, 0) is 12.1 Å². The van der Waals surface area contributed by atoms with Crippen molar-refractivity contribution in [1.29, 1.82) is 0 Å². The highest BCUT2D eigenvalue weighted by molar-refractivity contribution is 5.49. The zero-order valence-electron chi connectivity index (χ0n) is 12.1. The second kappa shape index (κ2) is 5.78. The van der Waals surface area contributed by atoms with E-state index in [0.29, 0.717) is 12.4 Å². The van der Waals surface area contributed by atoms with Gasteiger partial charge in [0.2, 0.25) is 0 Å². The molecule has 3 N–H and O–H groups in total. The van der Waals surface area contributed by atoms with Crippen LogP contribution >= 0.6 is 0 Å². The van der Waals surface area contributed by atoms with Crippen molar-refractivity contribution in [2.75, 3.05) is 0 Å². The van der Waals surface area contributed by atoms with Crippen molar-refractivity contribution in [1.82, 2.24) is 0 Å². The molecular weight excluding hydrogens is 262 g/mol. The molecule has 21 heavy (non-hydrogen) atoms. The minimum Gasteiger partial charge on any atom is -0.504 e. The van der Waals surface area contributed by atoms with E-state index in [1.807, 2.05) is 42.5 Å². The van der Waals surface area contributed by atoms with Gasteiger partial charge in [-0.05, 0) is 24.5 Å². The van der Waals surface area contributed by atoms with Gasteiger partial charge in [0.15, 0.2) is 11.5 Å². The smallest absolute Gasteiger partial charge is 0.162 e. The Bertz CT molecular complexity index is 604. The number of hydrogen-bond acceptors (Lipinski definition) is 3. The molecular formula is C18H21NO2. The first-order valence-corrected chi connectivity index (χ1v) is 7.47. The quantitative estimate of drug-likeness (QED) is 0.899. The molecule has 1 aliphatic carbocycles. The van der Waals surface area contributed by atoms with Crippen LogP contribution in [0, 0.1) is 0 Å². The molecule has 0 bridgehead atoms. The Labute approximate surface area is 125 Å². The number of ether oxygens (including phenoxy) is 1. The van der Waals surface area contributed by atoms with E-state index in [4.69, 9.17) is 10.5 Å². The fourth-order valence-corrected chi connectivity index (χ4v) is 3.05. The Balaban J connectivity index is 1.80. The lowest BCUT2D eigenvalue weighted by Gasteiger charge is -2.26. The van der Waals surface area contributed by atoms with Gasteiger partial charge in [-0.1, -0.05) is 55.3 Å². The number of benzene rings is 2. The Morgan fingerprint density at radius 3 is 2.43 bits per heavy atom. The van der Waals surface area contributed by atoms with E-state index in [-0.39, 0.29) is 5.75 Å². The van der Waals surface area contributed by atoms with Gasteiger partial charge in [-0.15, -0.1) is 0 Å². The summed E-state index contributed by atoms with van der Waals surface area (Å²) in [6, 6.07) is 15.5. The number of hydrogen-bond donors (Lipinski definition) is 2. The molecule has 2 aromatic rings. The van der Waals surface area contributed by atoms with Crippen molar-refractivity contribution < 1.29 is 9.84 Å². The maximum Gasteiger partial charge on any atom is 0.162 e. The van der Waals surface area contributed by atoms with Crippen molar-refractivity contribution in [3.8, 4) is 11.5 Å². The van der Waals surface area contributed by atoms with Crippen molar-refractivity contribution in [2.24, 2.45) is 5.73 Å². The Kier molecular flexibility index (Phi) is 3.84. The van der Waals surface area contributed by atoms with Gasteiger partial charge in [-0.25, -0.2) is 0 Å². The average Bonchev–Trinajstić information content (AvgIpc) is 2.95. The van der Waals surface area contributed by atoms with Crippen LogP contribution in [0.15, 0.2) is 48.5 Å². The highest BCUT2D eigenvalue weighted by Crippen LogP contribution is 2.43. The van der Waals surface area contributed by atoms with E-state index in [2.05, 4.69) is 0 Å². The lowest BCUT2D eigenvalue weighted by Crippen LogP contribution is -2.33. The number of para-hydroxylation sites is 1. The molecule has 0 saturated heterocycles. The first-order chi connectivity index (χ1) is 10.2. The second-order valence-corrected chi connectivity index (χ2v) is 5.79. The summed E-state index contributed by atoms with van der Waals surface area (Å²) in [5.41, 5.74) is 7.92. The minimum atomic E-state index is -0.407. The van der Waals surface area contributed by atoms with E-state index >= 15 is 0 Å². The van der Waals surface area contributed by atoms with Gasteiger partial charge in [0.25, 0.3) is 0 Å². The van der Waals surface area contributed by atoms with E-state index in [1.54, 1.807) is 6.07 Å². The van der Waals surface area contributed by atoms with Gasteiger partial charge >= 0.3 is 0 Å². The summed E-state index contributed by atoms with van der Waals surface area (Å²) < 4.78 is 5.76. The Morgan fingerprint density at radius 2 is 1.71 bits per heavy atom. The molecule has 0 spiro atoms. The first kappa shape index (κ1) is 14.0. The molecule has 3 nitrogen and oxygen atoms in total. The molecule has 110 valence electrons. The van der Waals surface area contributed by atoms with Crippen LogP contribution in [0.25, 0.3) is 0 Å². The molecule has 0 heterocycles. The van der Waals surface area contributed by atoms with E-state index < -0.39 is 5.54 Å². The van der Waals surface area contributed by atoms with Crippen molar-refractivity contribution in [3.05, 3.63) is 59.7 Å². The number of rotatable bonds is 4. The Morgan fingerprint density at radius 1 is 1.00 bits per heavy atom. The molecule has 0 aromatic heterocycles. The third kappa shape index (κ3) is 2.88. The maximum atomic E-state index is 10.5. The summed E-state index contributed by atoms with van der Waals surface area (Å²) in [5.74, 6) is 0.700. The van der Waals surface area contributed by atoms with Crippen LogP contribution in [0.5, 0.6) is 11.5 Å². The second-order valence-electron chi connectivity index (χ2n) is 5.79. The highest BCUT2D eigenvalue weighted by atomic mass is 16.5. The standard InChI is InChI=1S/C18H21NO2/c19-18(11-4-5-12-18)15-9-6-10-16(17(15)20)21-13-14-7-2-1-3-8-14/h1-3,6-10,20H,4-5,11-13,19H2. The molecule has 1 saturated carbocycles. The van der Waals surface area contributed by atoms with Crippen LogP contribution in [0.4, 0.5) is 0 Å². The number of phenols is 1. The molecule has 2 aromatic carbocycles. The minimum absolute atomic E-state index is 0.192. The molecule has 0 unspecified atom stereocenters. The van der Waals surface area contributed by atoms with Crippen LogP contribution in [0.2, 0.25) is 0 Å². The molecule has 0 aliphatic heterocycles. The highest BCUT2D eigenvalue weighted by Gasteiger charge is 2.34. The molecule has 3 heteroatoms. The van der Waals surface area contributed by atoms with Gasteiger partial charge < -0.3 is 15.6 Å².